The average Bonchev–Trinajstić information content (AvgIpc) is 2.46. The average molecular weight is 205 g/mol. The van der Waals surface area contributed by atoms with Crippen LogP contribution in [-0.2, 0) is 12.0 Å². The molecular weight excluding hydrogens is 190 g/mol. The standard InChI is InChI=1S/C11H15N3O/c1-11(2,3)7-4-6-5-13-10(15)8(6)9(12)14-7/h4H,5H2,1-3H3,(H2,12,14)(H,13,15). The zero-order valence-corrected chi connectivity index (χ0v) is 9.22. The number of carbonyl (C=O) groups excluding carboxylic acids is 1. The number of nitrogens with zero attached hydrogens (tertiary/aromatic N) is 1. The van der Waals surface area contributed by atoms with Gasteiger partial charge in [-0.1, -0.05) is 20.8 Å². The number of hydrogen-bond donors (Lipinski definition) is 2. The predicted molar refractivity (Wildman–Crippen MR) is 58.5 cm³/mol. The van der Waals surface area contributed by atoms with Gasteiger partial charge in [0.1, 0.15) is 5.82 Å². The van der Waals surface area contributed by atoms with E-state index < -0.39 is 0 Å². The van der Waals surface area contributed by atoms with Crippen LogP contribution in [-0.4, -0.2) is 10.9 Å². The first-order valence-corrected chi connectivity index (χ1v) is 4.97. The van der Waals surface area contributed by atoms with Crippen molar-refractivity contribution in [3.8, 4) is 0 Å². The molecule has 0 fully saturated rings. The van der Waals surface area contributed by atoms with E-state index in [1.165, 1.54) is 0 Å². The van der Waals surface area contributed by atoms with E-state index in [2.05, 4.69) is 31.1 Å². The topological polar surface area (TPSA) is 68.0 Å². The molecule has 1 aromatic rings. The maximum Gasteiger partial charge on any atom is 0.255 e. The number of anilines is 1. The zero-order chi connectivity index (χ0) is 11.2. The van der Waals surface area contributed by atoms with Crippen LogP contribution in [0.2, 0.25) is 0 Å². The minimum atomic E-state index is -0.115. The fraction of sp³-hybridized carbons (Fsp3) is 0.455. The molecule has 0 radical (unpaired) electrons. The van der Waals surface area contributed by atoms with E-state index >= 15 is 0 Å². The molecule has 0 spiro atoms. The van der Waals surface area contributed by atoms with E-state index in [0.717, 1.165) is 11.3 Å². The third-order valence-electron chi connectivity index (χ3n) is 2.56. The summed E-state index contributed by atoms with van der Waals surface area (Å²) in [6, 6.07) is 1.96. The second-order valence-corrected chi connectivity index (χ2v) is 4.86. The molecule has 4 heteroatoms. The van der Waals surface area contributed by atoms with Crippen molar-refractivity contribution in [2.45, 2.75) is 32.7 Å². The van der Waals surface area contributed by atoms with Crippen molar-refractivity contribution in [3.63, 3.8) is 0 Å². The summed E-state index contributed by atoms with van der Waals surface area (Å²) < 4.78 is 0. The van der Waals surface area contributed by atoms with Crippen LogP contribution in [0.4, 0.5) is 5.82 Å². The highest BCUT2D eigenvalue weighted by Crippen LogP contribution is 2.27. The molecule has 0 saturated carbocycles. The van der Waals surface area contributed by atoms with Gasteiger partial charge >= 0.3 is 0 Å². The maximum absolute atomic E-state index is 11.4. The summed E-state index contributed by atoms with van der Waals surface area (Å²) in [6.07, 6.45) is 0. The van der Waals surface area contributed by atoms with Gasteiger partial charge in [0.25, 0.3) is 5.91 Å². The van der Waals surface area contributed by atoms with Gasteiger partial charge in [0.2, 0.25) is 0 Å². The second-order valence-electron chi connectivity index (χ2n) is 4.86. The molecule has 1 aliphatic rings. The van der Waals surface area contributed by atoms with E-state index in [9.17, 15) is 4.79 Å². The largest absolute Gasteiger partial charge is 0.383 e. The van der Waals surface area contributed by atoms with Crippen molar-refractivity contribution in [1.29, 1.82) is 0 Å². The Labute approximate surface area is 88.9 Å². The number of nitrogen functional groups attached to an aromatic ring is 1. The van der Waals surface area contributed by atoms with Crippen LogP contribution in [0.3, 0.4) is 0 Å². The highest BCUT2D eigenvalue weighted by atomic mass is 16.1. The van der Waals surface area contributed by atoms with Gasteiger partial charge in [0.05, 0.1) is 5.56 Å². The van der Waals surface area contributed by atoms with E-state index in [1.807, 2.05) is 6.07 Å². The van der Waals surface area contributed by atoms with Crippen molar-refractivity contribution in [3.05, 3.63) is 22.9 Å². The minimum Gasteiger partial charge on any atom is -0.383 e. The van der Waals surface area contributed by atoms with Crippen LogP contribution in [0.15, 0.2) is 6.07 Å². The summed E-state index contributed by atoms with van der Waals surface area (Å²) in [6.45, 7) is 6.78. The Hall–Kier alpha value is -1.58. The molecule has 2 heterocycles. The molecule has 80 valence electrons. The van der Waals surface area contributed by atoms with Gasteiger partial charge in [0.15, 0.2) is 0 Å². The third kappa shape index (κ3) is 1.56. The first kappa shape index (κ1) is 9.96. The summed E-state index contributed by atoms with van der Waals surface area (Å²) in [5, 5.41) is 2.75. The number of rotatable bonds is 0. The van der Waals surface area contributed by atoms with Gasteiger partial charge < -0.3 is 11.1 Å². The van der Waals surface area contributed by atoms with Crippen molar-refractivity contribution in [2.24, 2.45) is 0 Å². The SMILES string of the molecule is CC(C)(C)c1cc2c(c(N)n1)C(=O)NC2. The molecule has 1 aliphatic heterocycles. The number of amides is 1. The predicted octanol–water partition coefficient (Wildman–Crippen LogP) is 1.20. The molecule has 0 aromatic carbocycles. The molecule has 0 atom stereocenters. The van der Waals surface area contributed by atoms with E-state index in [0.29, 0.717) is 17.9 Å². The number of nitrogens with two attached hydrogens (primary N) is 1. The first-order chi connectivity index (χ1) is 6.89. The molecule has 15 heavy (non-hydrogen) atoms. The summed E-state index contributed by atoms with van der Waals surface area (Å²) in [5.74, 6) is 0.225. The number of aromatic nitrogens is 1. The Kier molecular flexibility index (Phi) is 1.96. The van der Waals surface area contributed by atoms with Gasteiger partial charge in [-0.2, -0.15) is 0 Å². The second kappa shape index (κ2) is 2.95. The number of carbonyl (C=O) groups is 1. The lowest BCUT2D eigenvalue weighted by Gasteiger charge is -2.19. The van der Waals surface area contributed by atoms with Crippen LogP contribution in [0, 0.1) is 0 Å². The molecule has 2 rings (SSSR count). The normalized spacial score (nSPS) is 15.0. The minimum absolute atomic E-state index is 0.0468. The highest BCUT2D eigenvalue weighted by molar-refractivity contribution is 6.02. The molecule has 0 saturated heterocycles. The van der Waals surface area contributed by atoms with Crippen molar-refractivity contribution in [1.82, 2.24) is 10.3 Å². The van der Waals surface area contributed by atoms with Crippen molar-refractivity contribution in [2.75, 3.05) is 5.73 Å². The van der Waals surface area contributed by atoms with E-state index in [1.54, 1.807) is 0 Å². The summed E-state index contributed by atoms with van der Waals surface area (Å²) in [4.78, 5) is 15.7. The smallest absolute Gasteiger partial charge is 0.255 e. The molecule has 1 aromatic heterocycles. The molecule has 4 nitrogen and oxygen atoms in total. The summed E-state index contributed by atoms with van der Waals surface area (Å²) >= 11 is 0. The van der Waals surface area contributed by atoms with Crippen LogP contribution in [0.1, 0.15) is 42.4 Å². The van der Waals surface area contributed by atoms with Crippen LogP contribution in [0.25, 0.3) is 0 Å². The van der Waals surface area contributed by atoms with Gasteiger partial charge in [0, 0.05) is 17.7 Å². The fourth-order valence-corrected chi connectivity index (χ4v) is 1.67. The molecule has 0 aliphatic carbocycles. The van der Waals surface area contributed by atoms with Crippen molar-refractivity contribution >= 4 is 11.7 Å². The van der Waals surface area contributed by atoms with Crippen LogP contribution in [0.5, 0.6) is 0 Å². The number of nitrogens with one attached hydrogen (secondary N) is 1. The monoisotopic (exact) mass is 205 g/mol. The molecule has 3 N–H and O–H groups in total. The molecule has 0 bridgehead atoms. The Bertz CT molecular complexity index is 432. The number of hydrogen-bond acceptors (Lipinski definition) is 3. The van der Waals surface area contributed by atoms with Crippen LogP contribution >= 0.6 is 0 Å². The zero-order valence-electron chi connectivity index (χ0n) is 9.22. The number of pyridine rings is 1. The van der Waals surface area contributed by atoms with Gasteiger partial charge in [-0.15, -0.1) is 0 Å². The lowest BCUT2D eigenvalue weighted by molar-refractivity contribution is 0.0966. The van der Waals surface area contributed by atoms with Crippen molar-refractivity contribution < 1.29 is 4.79 Å². The highest BCUT2D eigenvalue weighted by Gasteiger charge is 2.26. The Morgan fingerprint density at radius 3 is 2.73 bits per heavy atom. The Morgan fingerprint density at radius 2 is 2.13 bits per heavy atom. The molecule has 0 unspecified atom stereocenters. The fourth-order valence-electron chi connectivity index (χ4n) is 1.67. The van der Waals surface area contributed by atoms with E-state index in [4.69, 9.17) is 5.73 Å². The Morgan fingerprint density at radius 1 is 1.47 bits per heavy atom. The Balaban J connectivity index is 2.59. The maximum atomic E-state index is 11.4. The molecular formula is C11H15N3O. The lowest BCUT2D eigenvalue weighted by atomic mass is 9.90. The van der Waals surface area contributed by atoms with Gasteiger partial charge in [-0.3, -0.25) is 4.79 Å². The van der Waals surface area contributed by atoms with E-state index in [-0.39, 0.29) is 11.3 Å². The quantitative estimate of drug-likeness (QED) is 0.668. The summed E-state index contributed by atoms with van der Waals surface area (Å²) in [7, 11) is 0. The van der Waals surface area contributed by atoms with Gasteiger partial charge in [-0.25, -0.2) is 4.98 Å². The third-order valence-corrected chi connectivity index (χ3v) is 2.56. The van der Waals surface area contributed by atoms with Crippen LogP contribution < -0.4 is 11.1 Å². The molecule has 1 amide bonds. The summed E-state index contributed by atoms with van der Waals surface area (Å²) in [5.41, 5.74) is 8.17. The number of fused-ring (bicyclic) bond motifs is 1. The van der Waals surface area contributed by atoms with Gasteiger partial charge in [-0.05, 0) is 11.6 Å². The lowest BCUT2D eigenvalue weighted by Crippen LogP contribution is -2.17. The first-order valence-electron chi connectivity index (χ1n) is 4.97.